The van der Waals surface area contributed by atoms with Crippen molar-refractivity contribution in [3.8, 4) is 5.75 Å². The predicted octanol–water partition coefficient (Wildman–Crippen LogP) is 3.79. The highest BCUT2D eigenvalue weighted by Gasteiger charge is 2.16. The van der Waals surface area contributed by atoms with E-state index in [4.69, 9.17) is 4.74 Å². The molecule has 0 spiro atoms. The van der Waals surface area contributed by atoms with Gasteiger partial charge in [0.1, 0.15) is 0 Å². The molecular weight excluding hydrogens is 366 g/mol. The number of nitro groups is 1. The van der Waals surface area contributed by atoms with E-state index in [1.807, 2.05) is 6.07 Å². The summed E-state index contributed by atoms with van der Waals surface area (Å²) in [6, 6.07) is 12.0. The SMILES string of the molecule is C=CCn1c(SCc2ccc(OC)c([N+](=O)[O-])c2)nc2ccccc2c1=O. The van der Waals surface area contributed by atoms with Gasteiger partial charge in [-0.05, 0) is 23.8 Å². The number of benzene rings is 2. The van der Waals surface area contributed by atoms with Crippen molar-refractivity contribution in [3.05, 3.63) is 81.2 Å². The third-order valence-corrected chi connectivity index (χ3v) is 4.99. The zero-order valence-electron chi connectivity index (χ0n) is 14.6. The molecule has 0 bridgehead atoms. The summed E-state index contributed by atoms with van der Waals surface area (Å²) in [5.41, 5.74) is 1.13. The molecule has 0 saturated carbocycles. The Morgan fingerprint density at radius 1 is 1.33 bits per heavy atom. The van der Waals surface area contributed by atoms with E-state index in [1.165, 1.54) is 24.9 Å². The van der Waals surface area contributed by atoms with Crippen LogP contribution in [0.5, 0.6) is 5.75 Å². The summed E-state index contributed by atoms with van der Waals surface area (Å²) in [6.45, 7) is 4.04. The van der Waals surface area contributed by atoms with Crippen molar-refractivity contribution < 1.29 is 9.66 Å². The molecular formula is C19H17N3O4S. The van der Waals surface area contributed by atoms with Crippen LogP contribution in [-0.2, 0) is 12.3 Å². The van der Waals surface area contributed by atoms with Gasteiger partial charge in [0.15, 0.2) is 10.9 Å². The number of hydrogen-bond acceptors (Lipinski definition) is 6. The maximum Gasteiger partial charge on any atom is 0.311 e. The van der Waals surface area contributed by atoms with Crippen molar-refractivity contribution in [2.24, 2.45) is 0 Å². The Morgan fingerprint density at radius 2 is 2.11 bits per heavy atom. The number of rotatable bonds is 7. The van der Waals surface area contributed by atoms with Crippen molar-refractivity contribution in [3.63, 3.8) is 0 Å². The summed E-state index contributed by atoms with van der Waals surface area (Å²) in [7, 11) is 1.39. The lowest BCUT2D eigenvalue weighted by atomic mass is 10.2. The van der Waals surface area contributed by atoms with Crippen LogP contribution in [0.4, 0.5) is 5.69 Å². The number of ether oxygens (including phenoxy) is 1. The van der Waals surface area contributed by atoms with Crippen LogP contribution in [0.1, 0.15) is 5.56 Å². The summed E-state index contributed by atoms with van der Waals surface area (Å²) in [6.07, 6.45) is 1.64. The smallest absolute Gasteiger partial charge is 0.311 e. The Bertz CT molecular complexity index is 1080. The largest absolute Gasteiger partial charge is 0.490 e. The monoisotopic (exact) mass is 383 g/mol. The van der Waals surface area contributed by atoms with Crippen molar-refractivity contribution in [2.45, 2.75) is 17.5 Å². The molecule has 0 atom stereocenters. The molecule has 27 heavy (non-hydrogen) atoms. The third-order valence-electron chi connectivity index (χ3n) is 3.95. The molecule has 0 aliphatic carbocycles. The fourth-order valence-corrected chi connectivity index (χ4v) is 3.62. The van der Waals surface area contributed by atoms with Crippen LogP contribution in [0.3, 0.4) is 0 Å². The van der Waals surface area contributed by atoms with Crippen LogP contribution < -0.4 is 10.3 Å². The second-order valence-electron chi connectivity index (χ2n) is 5.67. The molecule has 0 N–H and O–H groups in total. The quantitative estimate of drug-likeness (QED) is 0.203. The second-order valence-corrected chi connectivity index (χ2v) is 6.61. The molecule has 0 aliphatic heterocycles. The van der Waals surface area contributed by atoms with Gasteiger partial charge in [0, 0.05) is 18.4 Å². The van der Waals surface area contributed by atoms with Crippen LogP contribution in [0, 0.1) is 10.1 Å². The molecule has 8 heteroatoms. The Balaban J connectivity index is 1.96. The Labute approximate surface area is 159 Å². The summed E-state index contributed by atoms with van der Waals surface area (Å²) in [5.74, 6) is 0.633. The van der Waals surface area contributed by atoms with Gasteiger partial charge < -0.3 is 4.74 Å². The zero-order valence-corrected chi connectivity index (χ0v) is 15.4. The molecule has 0 fully saturated rings. The number of aromatic nitrogens is 2. The van der Waals surface area contributed by atoms with E-state index in [1.54, 1.807) is 41.0 Å². The average molecular weight is 383 g/mol. The molecule has 0 amide bonds. The summed E-state index contributed by atoms with van der Waals surface area (Å²) in [4.78, 5) is 28.0. The Hall–Kier alpha value is -3.13. The van der Waals surface area contributed by atoms with Gasteiger partial charge in [0.05, 0.1) is 22.9 Å². The summed E-state index contributed by atoms with van der Waals surface area (Å²) < 4.78 is 6.58. The topological polar surface area (TPSA) is 87.3 Å². The van der Waals surface area contributed by atoms with Gasteiger partial charge in [-0.25, -0.2) is 4.98 Å². The molecule has 3 aromatic rings. The number of para-hydroxylation sites is 1. The molecule has 1 aromatic heterocycles. The minimum absolute atomic E-state index is 0.0921. The minimum atomic E-state index is -0.477. The standard InChI is InChI=1S/C19H17N3O4S/c1-3-10-21-18(23)14-6-4-5-7-15(14)20-19(21)27-12-13-8-9-17(26-2)16(11-13)22(24)25/h3-9,11H,1,10,12H2,2H3. The summed E-state index contributed by atoms with van der Waals surface area (Å²) in [5, 5.41) is 12.3. The van der Waals surface area contributed by atoms with Crippen LogP contribution in [-0.4, -0.2) is 21.6 Å². The Morgan fingerprint density at radius 3 is 2.81 bits per heavy atom. The van der Waals surface area contributed by atoms with E-state index in [-0.39, 0.29) is 17.0 Å². The van der Waals surface area contributed by atoms with Gasteiger partial charge in [-0.3, -0.25) is 19.5 Å². The van der Waals surface area contributed by atoms with E-state index in [0.29, 0.717) is 28.4 Å². The lowest BCUT2D eigenvalue weighted by Gasteiger charge is -2.11. The van der Waals surface area contributed by atoms with Gasteiger partial charge in [-0.1, -0.05) is 36.0 Å². The van der Waals surface area contributed by atoms with Gasteiger partial charge in [-0.15, -0.1) is 6.58 Å². The highest BCUT2D eigenvalue weighted by molar-refractivity contribution is 7.98. The minimum Gasteiger partial charge on any atom is -0.490 e. The van der Waals surface area contributed by atoms with E-state index >= 15 is 0 Å². The number of methoxy groups -OCH3 is 1. The number of hydrogen-bond donors (Lipinski definition) is 0. The first-order valence-corrected chi connectivity index (χ1v) is 9.08. The molecule has 138 valence electrons. The highest BCUT2D eigenvalue weighted by Crippen LogP contribution is 2.30. The van der Waals surface area contributed by atoms with Gasteiger partial charge in [0.25, 0.3) is 5.56 Å². The van der Waals surface area contributed by atoms with Gasteiger partial charge in [0.2, 0.25) is 0 Å². The lowest BCUT2D eigenvalue weighted by molar-refractivity contribution is -0.385. The van der Waals surface area contributed by atoms with Crippen LogP contribution in [0.25, 0.3) is 10.9 Å². The maximum absolute atomic E-state index is 12.7. The molecule has 7 nitrogen and oxygen atoms in total. The van der Waals surface area contributed by atoms with Gasteiger partial charge in [-0.2, -0.15) is 0 Å². The zero-order chi connectivity index (χ0) is 19.4. The number of nitro benzene ring substituents is 1. The van der Waals surface area contributed by atoms with E-state index in [2.05, 4.69) is 11.6 Å². The second kappa shape index (κ2) is 8.05. The normalized spacial score (nSPS) is 10.7. The molecule has 0 radical (unpaired) electrons. The first-order valence-electron chi connectivity index (χ1n) is 8.09. The molecule has 0 unspecified atom stereocenters. The molecule has 0 aliphatic rings. The molecule has 0 saturated heterocycles. The van der Waals surface area contributed by atoms with Crippen LogP contribution in [0.2, 0.25) is 0 Å². The van der Waals surface area contributed by atoms with Crippen molar-refractivity contribution in [2.75, 3.05) is 7.11 Å². The van der Waals surface area contributed by atoms with Crippen molar-refractivity contribution >= 4 is 28.4 Å². The molecule has 1 heterocycles. The number of nitrogens with zero attached hydrogens (tertiary/aromatic N) is 3. The number of allylic oxidation sites excluding steroid dienone is 1. The summed E-state index contributed by atoms with van der Waals surface area (Å²) >= 11 is 1.34. The van der Waals surface area contributed by atoms with Crippen LogP contribution in [0.15, 0.2) is 65.1 Å². The Kier molecular flexibility index (Phi) is 5.56. The van der Waals surface area contributed by atoms with E-state index in [9.17, 15) is 14.9 Å². The third kappa shape index (κ3) is 3.85. The number of fused-ring (bicyclic) bond motifs is 1. The fourth-order valence-electron chi connectivity index (χ4n) is 2.66. The first-order chi connectivity index (χ1) is 13.0. The van der Waals surface area contributed by atoms with Gasteiger partial charge >= 0.3 is 5.69 Å². The molecule has 2 aromatic carbocycles. The van der Waals surface area contributed by atoms with Crippen LogP contribution >= 0.6 is 11.8 Å². The van der Waals surface area contributed by atoms with Crippen molar-refractivity contribution in [1.82, 2.24) is 9.55 Å². The van der Waals surface area contributed by atoms with E-state index in [0.717, 1.165) is 5.56 Å². The average Bonchev–Trinajstić information content (AvgIpc) is 2.68. The number of thioether (sulfide) groups is 1. The van der Waals surface area contributed by atoms with E-state index < -0.39 is 4.92 Å². The van der Waals surface area contributed by atoms with Crippen molar-refractivity contribution in [1.29, 1.82) is 0 Å². The molecule has 3 rings (SSSR count). The lowest BCUT2D eigenvalue weighted by Crippen LogP contribution is -2.22. The maximum atomic E-state index is 12.7. The highest BCUT2D eigenvalue weighted by atomic mass is 32.2. The first kappa shape index (κ1) is 18.7. The fraction of sp³-hybridized carbons (Fsp3) is 0.158. The predicted molar refractivity (Wildman–Crippen MR) is 105 cm³/mol.